The number of aromatic nitrogens is 2. The molecule has 0 aliphatic carbocycles. The predicted molar refractivity (Wildman–Crippen MR) is 74.3 cm³/mol. The van der Waals surface area contributed by atoms with Gasteiger partial charge in [0.05, 0.1) is 5.69 Å². The van der Waals surface area contributed by atoms with Crippen molar-refractivity contribution in [3.8, 4) is 11.3 Å². The second-order valence-electron chi connectivity index (χ2n) is 4.18. The monoisotopic (exact) mass is 258 g/mol. The number of nitrogens with two attached hydrogens (primary N) is 1. The molecule has 1 aliphatic heterocycles. The lowest BCUT2D eigenvalue weighted by Crippen LogP contribution is -2.10. The second-order valence-corrected chi connectivity index (χ2v) is 5.32. The van der Waals surface area contributed by atoms with E-state index in [2.05, 4.69) is 33.6 Å². The van der Waals surface area contributed by atoms with Gasteiger partial charge in [0.2, 0.25) is 5.95 Å². The summed E-state index contributed by atoms with van der Waals surface area (Å²) >= 11 is 1.94. The molecule has 3 N–H and O–H groups in total. The van der Waals surface area contributed by atoms with Crippen LogP contribution in [0.1, 0.15) is 12.0 Å². The second kappa shape index (κ2) is 4.96. The van der Waals surface area contributed by atoms with Gasteiger partial charge >= 0.3 is 0 Å². The Morgan fingerprint density at radius 3 is 3.11 bits per heavy atom. The van der Waals surface area contributed by atoms with Gasteiger partial charge in [-0.2, -0.15) is 0 Å². The van der Waals surface area contributed by atoms with Crippen molar-refractivity contribution in [3.05, 3.63) is 36.0 Å². The van der Waals surface area contributed by atoms with Crippen molar-refractivity contribution in [1.29, 1.82) is 0 Å². The molecule has 4 nitrogen and oxygen atoms in total. The highest BCUT2D eigenvalue weighted by atomic mass is 32.2. The Morgan fingerprint density at radius 2 is 2.22 bits per heavy atom. The van der Waals surface area contributed by atoms with E-state index in [1.807, 2.05) is 17.8 Å². The minimum Gasteiger partial charge on any atom is -0.292 e. The molecule has 5 heteroatoms. The van der Waals surface area contributed by atoms with Crippen molar-refractivity contribution in [3.63, 3.8) is 0 Å². The van der Waals surface area contributed by atoms with Gasteiger partial charge in [0.1, 0.15) is 0 Å². The Bertz CT molecular complexity index is 571. The lowest BCUT2D eigenvalue weighted by molar-refractivity contribution is 0.890. The van der Waals surface area contributed by atoms with E-state index in [-0.39, 0.29) is 0 Å². The summed E-state index contributed by atoms with van der Waals surface area (Å²) in [5.74, 6) is 7.00. The van der Waals surface area contributed by atoms with Crippen LogP contribution in [0.5, 0.6) is 0 Å². The molecule has 0 radical (unpaired) electrons. The van der Waals surface area contributed by atoms with E-state index in [0.29, 0.717) is 5.95 Å². The van der Waals surface area contributed by atoms with Crippen molar-refractivity contribution in [2.24, 2.45) is 5.84 Å². The number of benzene rings is 1. The van der Waals surface area contributed by atoms with Crippen LogP contribution in [0.2, 0.25) is 0 Å². The molecule has 0 fully saturated rings. The number of hydrazine groups is 1. The summed E-state index contributed by atoms with van der Waals surface area (Å²) in [5, 5.41) is 0. The topological polar surface area (TPSA) is 63.8 Å². The zero-order valence-electron chi connectivity index (χ0n) is 9.89. The fourth-order valence-electron chi connectivity index (χ4n) is 2.11. The Balaban J connectivity index is 2.00. The highest BCUT2D eigenvalue weighted by Gasteiger charge is 2.11. The standard InChI is InChI=1S/C13H14N4S/c14-17-13-15-6-5-11(16-13)9-3-4-12-10(8-9)2-1-7-18-12/h3-6,8H,1-2,7,14H2,(H,15,16,17). The van der Waals surface area contributed by atoms with E-state index in [4.69, 9.17) is 5.84 Å². The largest absolute Gasteiger partial charge is 0.292 e. The summed E-state index contributed by atoms with van der Waals surface area (Å²) in [5.41, 5.74) is 5.91. The molecule has 0 atom stereocenters. The number of nitrogens with zero attached hydrogens (tertiary/aromatic N) is 2. The molecule has 3 rings (SSSR count). The molecular formula is C13H14N4S. The summed E-state index contributed by atoms with van der Waals surface area (Å²) in [6, 6.07) is 8.43. The number of nitrogen functional groups attached to an aromatic ring is 1. The molecule has 0 amide bonds. The summed E-state index contributed by atoms with van der Waals surface area (Å²) < 4.78 is 0. The van der Waals surface area contributed by atoms with Gasteiger partial charge in [0, 0.05) is 16.7 Å². The predicted octanol–water partition coefficient (Wildman–Crippen LogP) is 2.47. The molecule has 1 aliphatic rings. The van der Waals surface area contributed by atoms with Crippen molar-refractivity contribution in [2.75, 3.05) is 11.2 Å². The smallest absolute Gasteiger partial charge is 0.237 e. The van der Waals surface area contributed by atoms with Crippen LogP contribution in [0.3, 0.4) is 0 Å². The van der Waals surface area contributed by atoms with Crippen molar-refractivity contribution in [2.45, 2.75) is 17.7 Å². The van der Waals surface area contributed by atoms with Crippen LogP contribution >= 0.6 is 11.8 Å². The van der Waals surface area contributed by atoms with Crippen LogP contribution in [-0.2, 0) is 6.42 Å². The molecule has 0 bridgehead atoms. The van der Waals surface area contributed by atoms with Gasteiger partial charge in [-0.15, -0.1) is 11.8 Å². The SMILES string of the molecule is NNc1nccc(-c2ccc3c(c2)CCCS3)n1. The normalized spacial score (nSPS) is 14.1. The molecule has 2 heterocycles. The lowest BCUT2D eigenvalue weighted by Gasteiger charge is -2.15. The van der Waals surface area contributed by atoms with E-state index in [1.54, 1.807) is 6.20 Å². The Labute approximate surface area is 110 Å². The number of aryl methyl sites for hydroxylation is 1. The molecule has 0 saturated carbocycles. The Morgan fingerprint density at radius 1 is 1.28 bits per heavy atom. The highest BCUT2D eigenvalue weighted by molar-refractivity contribution is 7.99. The first-order valence-corrected chi connectivity index (χ1v) is 6.91. The van der Waals surface area contributed by atoms with Gasteiger partial charge in [0.25, 0.3) is 0 Å². The maximum atomic E-state index is 5.33. The number of hydrogen-bond acceptors (Lipinski definition) is 5. The lowest BCUT2D eigenvalue weighted by atomic mass is 10.0. The first-order valence-electron chi connectivity index (χ1n) is 5.92. The summed E-state index contributed by atoms with van der Waals surface area (Å²) in [6.07, 6.45) is 4.12. The minimum atomic E-state index is 0.444. The third-order valence-electron chi connectivity index (χ3n) is 2.99. The number of hydrogen-bond donors (Lipinski definition) is 2. The summed E-state index contributed by atoms with van der Waals surface area (Å²) in [6.45, 7) is 0. The highest BCUT2D eigenvalue weighted by Crippen LogP contribution is 2.32. The van der Waals surface area contributed by atoms with Gasteiger partial charge in [0.15, 0.2) is 0 Å². The van der Waals surface area contributed by atoms with Crippen LogP contribution in [0.4, 0.5) is 5.95 Å². The van der Waals surface area contributed by atoms with Crippen LogP contribution in [-0.4, -0.2) is 15.7 Å². The van der Waals surface area contributed by atoms with E-state index >= 15 is 0 Å². The van der Waals surface area contributed by atoms with E-state index < -0.39 is 0 Å². The van der Waals surface area contributed by atoms with E-state index in [0.717, 1.165) is 17.7 Å². The summed E-state index contributed by atoms with van der Waals surface area (Å²) in [4.78, 5) is 9.78. The van der Waals surface area contributed by atoms with Gasteiger partial charge in [-0.05, 0) is 42.4 Å². The first kappa shape index (κ1) is 11.5. The van der Waals surface area contributed by atoms with Crippen LogP contribution in [0.15, 0.2) is 35.4 Å². The fraction of sp³-hybridized carbons (Fsp3) is 0.231. The molecule has 0 saturated heterocycles. The van der Waals surface area contributed by atoms with Gasteiger partial charge in [-0.25, -0.2) is 15.8 Å². The van der Waals surface area contributed by atoms with E-state index in [1.165, 1.54) is 22.6 Å². The zero-order chi connectivity index (χ0) is 12.4. The molecule has 1 aromatic carbocycles. The number of thioether (sulfide) groups is 1. The molecule has 2 aromatic rings. The first-order chi connectivity index (χ1) is 8.86. The minimum absolute atomic E-state index is 0.444. The zero-order valence-corrected chi connectivity index (χ0v) is 10.7. The molecule has 92 valence electrons. The summed E-state index contributed by atoms with van der Waals surface area (Å²) in [7, 11) is 0. The molecule has 1 aromatic heterocycles. The molecule has 18 heavy (non-hydrogen) atoms. The maximum Gasteiger partial charge on any atom is 0.237 e. The van der Waals surface area contributed by atoms with Gasteiger partial charge in [-0.1, -0.05) is 6.07 Å². The van der Waals surface area contributed by atoms with Crippen molar-refractivity contribution in [1.82, 2.24) is 9.97 Å². The van der Waals surface area contributed by atoms with Crippen LogP contribution < -0.4 is 11.3 Å². The quantitative estimate of drug-likeness (QED) is 0.640. The molecular weight excluding hydrogens is 244 g/mol. The number of rotatable bonds is 2. The maximum absolute atomic E-state index is 5.33. The molecule has 0 unspecified atom stereocenters. The van der Waals surface area contributed by atoms with Crippen LogP contribution in [0, 0.1) is 0 Å². The average molecular weight is 258 g/mol. The average Bonchev–Trinajstić information content (AvgIpc) is 2.47. The Hall–Kier alpha value is -1.59. The number of anilines is 1. The van der Waals surface area contributed by atoms with Gasteiger partial charge in [-0.3, -0.25) is 5.43 Å². The van der Waals surface area contributed by atoms with Crippen molar-refractivity contribution < 1.29 is 0 Å². The Kier molecular flexibility index (Phi) is 3.17. The van der Waals surface area contributed by atoms with Gasteiger partial charge < -0.3 is 0 Å². The van der Waals surface area contributed by atoms with Crippen molar-refractivity contribution >= 4 is 17.7 Å². The van der Waals surface area contributed by atoms with Crippen LogP contribution in [0.25, 0.3) is 11.3 Å². The fourth-order valence-corrected chi connectivity index (χ4v) is 3.13. The third kappa shape index (κ3) is 2.19. The molecule has 0 spiro atoms. The number of nitrogens with one attached hydrogen (secondary N) is 1. The number of fused-ring (bicyclic) bond motifs is 1. The van der Waals surface area contributed by atoms with E-state index in [9.17, 15) is 0 Å². The third-order valence-corrected chi connectivity index (χ3v) is 4.19.